The Balaban J connectivity index is 2.37. The van der Waals surface area contributed by atoms with Crippen molar-refractivity contribution < 1.29 is 4.79 Å². The topological polar surface area (TPSA) is 76.2 Å². The summed E-state index contributed by atoms with van der Waals surface area (Å²) in [5, 5.41) is 7.45. The number of fused-ring (bicyclic) bond motifs is 1. The van der Waals surface area contributed by atoms with E-state index in [1.807, 2.05) is 4.68 Å². The molecule has 2 rings (SSSR count). The van der Waals surface area contributed by atoms with Crippen molar-refractivity contribution >= 4 is 11.7 Å². The van der Waals surface area contributed by atoms with Crippen LogP contribution in [0.15, 0.2) is 6.20 Å². The number of hydrogen-bond acceptors (Lipinski definition) is 4. The Morgan fingerprint density at radius 2 is 2.50 bits per heavy atom. The van der Waals surface area contributed by atoms with Crippen molar-refractivity contribution in [2.24, 2.45) is 5.73 Å². The van der Waals surface area contributed by atoms with E-state index in [9.17, 15) is 4.79 Å². The number of aromatic nitrogens is 2. The van der Waals surface area contributed by atoms with Crippen LogP contribution in [0.5, 0.6) is 0 Å². The summed E-state index contributed by atoms with van der Waals surface area (Å²) in [5.74, 6) is 0.756. The Morgan fingerprint density at radius 1 is 1.75 bits per heavy atom. The summed E-state index contributed by atoms with van der Waals surface area (Å²) >= 11 is 0. The Morgan fingerprint density at radius 3 is 3.12 bits per heavy atom. The van der Waals surface area contributed by atoms with E-state index >= 15 is 0 Å². The van der Waals surface area contributed by atoms with Crippen LogP contribution in [0.2, 0.25) is 0 Å². The number of rotatable bonds is 2. The van der Waals surface area contributed by atoms with Crippen molar-refractivity contribution in [1.82, 2.24) is 14.7 Å². The predicted molar refractivity (Wildman–Crippen MR) is 61.4 cm³/mol. The van der Waals surface area contributed by atoms with Gasteiger partial charge in [-0.15, -0.1) is 0 Å². The van der Waals surface area contributed by atoms with Gasteiger partial charge in [0.2, 0.25) is 0 Å². The fourth-order valence-corrected chi connectivity index (χ4v) is 1.91. The Labute approximate surface area is 94.4 Å². The standard InChI is InChI=1S/C10H17N5O/c1-14(2)10(16)8-6-13-15-7(5-11)3-4-12-9(8)15/h6-7,12H,3-5,11H2,1-2H3. The molecule has 1 aliphatic heterocycles. The molecule has 0 radical (unpaired) electrons. The first-order chi connectivity index (χ1) is 7.65. The summed E-state index contributed by atoms with van der Waals surface area (Å²) in [4.78, 5) is 13.4. The molecular formula is C10H17N5O. The number of amides is 1. The lowest BCUT2D eigenvalue weighted by Gasteiger charge is -2.25. The number of hydrogen-bond donors (Lipinski definition) is 2. The van der Waals surface area contributed by atoms with Gasteiger partial charge in [-0.05, 0) is 6.42 Å². The summed E-state index contributed by atoms with van der Waals surface area (Å²) in [6, 6.07) is 0.194. The van der Waals surface area contributed by atoms with Crippen LogP contribution in [-0.4, -0.2) is 47.8 Å². The van der Waals surface area contributed by atoms with Crippen LogP contribution < -0.4 is 11.1 Å². The van der Waals surface area contributed by atoms with Gasteiger partial charge in [0.15, 0.2) is 0 Å². The highest BCUT2D eigenvalue weighted by atomic mass is 16.2. The third-order valence-electron chi connectivity index (χ3n) is 2.82. The van der Waals surface area contributed by atoms with E-state index < -0.39 is 0 Å². The molecule has 1 atom stereocenters. The Hall–Kier alpha value is -1.56. The van der Waals surface area contributed by atoms with Crippen LogP contribution in [0.4, 0.5) is 5.82 Å². The van der Waals surface area contributed by atoms with E-state index in [0.717, 1.165) is 18.8 Å². The lowest BCUT2D eigenvalue weighted by Crippen LogP contribution is -2.30. The first kappa shape index (κ1) is 10.9. The van der Waals surface area contributed by atoms with Gasteiger partial charge in [0, 0.05) is 27.2 Å². The monoisotopic (exact) mass is 223 g/mol. The number of nitrogens with zero attached hydrogens (tertiary/aromatic N) is 3. The normalized spacial score (nSPS) is 18.8. The molecule has 3 N–H and O–H groups in total. The van der Waals surface area contributed by atoms with Crippen molar-refractivity contribution in [2.75, 3.05) is 32.5 Å². The largest absolute Gasteiger partial charge is 0.370 e. The van der Waals surface area contributed by atoms with E-state index in [0.29, 0.717) is 12.1 Å². The number of nitrogens with two attached hydrogens (primary N) is 1. The zero-order valence-corrected chi connectivity index (χ0v) is 9.60. The van der Waals surface area contributed by atoms with Crippen molar-refractivity contribution in [3.63, 3.8) is 0 Å². The van der Waals surface area contributed by atoms with Crippen molar-refractivity contribution in [1.29, 1.82) is 0 Å². The van der Waals surface area contributed by atoms with Crippen LogP contribution >= 0.6 is 0 Å². The molecule has 16 heavy (non-hydrogen) atoms. The van der Waals surface area contributed by atoms with Gasteiger partial charge in [-0.3, -0.25) is 4.79 Å². The van der Waals surface area contributed by atoms with Gasteiger partial charge < -0.3 is 16.0 Å². The second kappa shape index (κ2) is 4.13. The van der Waals surface area contributed by atoms with Crippen LogP contribution in [0.25, 0.3) is 0 Å². The fraction of sp³-hybridized carbons (Fsp3) is 0.600. The first-order valence-corrected chi connectivity index (χ1v) is 5.38. The van der Waals surface area contributed by atoms with E-state index in [4.69, 9.17) is 5.73 Å². The SMILES string of the molecule is CN(C)C(=O)c1cnn2c1NCCC2CN. The molecule has 0 aliphatic carbocycles. The highest BCUT2D eigenvalue weighted by Gasteiger charge is 2.25. The van der Waals surface area contributed by atoms with E-state index in [1.54, 1.807) is 25.2 Å². The molecule has 1 aromatic heterocycles. The molecule has 0 fully saturated rings. The summed E-state index contributed by atoms with van der Waals surface area (Å²) < 4.78 is 1.82. The summed E-state index contributed by atoms with van der Waals surface area (Å²) in [6.07, 6.45) is 2.55. The quantitative estimate of drug-likeness (QED) is 0.734. The summed E-state index contributed by atoms with van der Waals surface area (Å²) in [6.45, 7) is 1.38. The van der Waals surface area contributed by atoms with Crippen LogP contribution in [0.1, 0.15) is 22.8 Å². The van der Waals surface area contributed by atoms with Gasteiger partial charge >= 0.3 is 0 Å². The predicted octanol–water partition coefficient (Wildman–Crippen LogP) is -0.0997. The molecule has 1 aromatic rings. The molecule has 1 amide bonds. The number of carbonyl (C=O) groups is 1. The van der Waals surface area contributed by atoms with Crippen LogP contribution in [0, 0.1) is 0 Å². The zero-order chi connectivity index (χ0) is 11.7. The second-order valence-corrected chi connectivity index (χ2v) is 4.16. The molecule has 0 saturated carbocycles. The van der Waals surface area contributed by atoms with Crippen LogP contribution in [0.3, 0.4) is 0 Å². The third kappa shape index (κ3) is 1.65. The molecule has 1 aliphatic rings. The maximum absolute atomic E-state index is 11.9. The minimum Gasteiger partial charge on any atom is -0.370 e. The molecule has 1 unspecified atom stereocenters. The Bertz CT molecular complexity index is 398. The van der Waals surface area contributed by atoms with Gasteiger partial charge in [0.05, 0.1) is 12.2 Å². The van der Waals surface area contributed by atoms with Crippen LogP contribution in [-0.2, 0) is 0 Å². The minimum atomic E-state index is -0.0357. The number of nitrogens with one attached hydrogen (secondary N) is 1. The number of anilines is 1. The highest BCUT2D eigenvalue weighted by molar-refractivity contribution is 5.98. The van der Waals surface area contributed by atoms with Crippen molar-refractivity contribution in [3.8, 4) is 0 Å². The average Bonchev–Trinajstić information content (AvgIpc) is 2.71. The first-order valence-electron chi connectivity index (χ1n) is 5.38. The summed E-state index contributed by atoms with van der Waals surface area (Å²) in [5.41, 5.74) is 6.29. The third-order valence-corrected chi connectivity index (χ3v) is 2.82. The maximum atomic E-state index is 11.9. The fourth-order valence-electron chi connectivity index (χ4n) is 1.91. The molecule has 0 bridgehead atoms. The maximum Gasteiger partial charge on any atom is 0.258 e. The molecule has 88 valence electrons. The summed E-state index contributed by atoms with van der Waals surface area (Å²) in [7, 11) is 3.46. The van der Waals surface area contributed by atoms with Gasteiger partial charge in [-0.1, -0.05) is 0 Å². The number of carbonyl (C=O) groups excluding carboxylic acids is 1. The lowest BCUT2D eigenvalue weighted by molar-refractivity contribution is 0.0828. The minimum absolute atomic E-state index is 0.0357. The van der Waals surface area contributed by atoms with E-state index in [1.165, 1.54) is 0 Å². The van der Waals surface area contributed by atoms with E-state index in [2.05, 4.69) is 10.4 Å². The molecular weight excluding hydrogens is 206 g/mol. The van der Waals surface area contributed by atoms with Crippen molar-refractivity contribution in [3.05, 3.63) is 11.8 Å². The smallest absolute Gasteiger partial charge is 0.258 e. The van der Waals surface area contributed by atoms with Gasteiger partial charge in [-0.25, -0.2) is 4.68 Å². The highest BCUT2D eigenvalue weighted by Crippen LogP contribution is 2.26. The zero-order valence-electron chi connectivity index (χ0n) is 9.60. The van der Waals surface area contributed by atoms with Gasteiger partial charge in [0.25, 0.3) is 5.91 Å². The average molecular weight is 223 g/mol. The van der Waals surface area contributed by atoms with Gasteiger partial charge in [-0.2, -0.15) is 5.10 Å². The molecule has 6 heteroatoms. The van der Waals surface area contributed by atoms with Gasteiger partial charge in [0.1, 0.15) is 11.4 Å². The molecule has 0 aromatic carbocycles. The van der Waals surface area contributed by atoms with E-state index in [-0.39, 0.29) is 11.9 Å². The Kier molecular flexibility index (Phi) is 2.82. The van der Waals surface area contributed by atoms with Crippen molar-refractivity contribution in [2.45, 2.75) is 12.5 Å². The molecule has 0 saturated heterocycles. The second-order valence-electron chi connectivity index (χ2n) is 4.16. The lowest BCUT2D eigenvalue weighted by atomic mass is 10.1. The molecule has 6 nitrogen and oxygen atoms in total. The molecule has 2 heterocycles. The molecule has 0 spiro atoms.